The summed E-state index contributed by atoms with van der Waals surface area (Å²) in [6.07, 6.45) is 6.69. The van der Waals surface area contributed by atoms with E-state index in [1.54, 1.807) is 18.2 Å². The molecule has 1 fully saturated rings. The molecule has 4 rings (SSSR count). The van der Waals surface area contributed by atoms with E-state index >= 15 is 0 Å². The summed E-state index contributed by atoms with van der Waals surface area (Å²) in [6, 6.07) is 15.1. The Balaban J connectivity index is 1.95. The van der Waals surface area contributed by atoms with Crippen molar-refractivity contribution in [3.8, 4) is 17.2 Å². The van der Waals surface area contributed by atoms with Crippen LogP contribution in [0.5, 0.6) is 0 Å². The van der Waals surface area contributed by atoms with E-state index in [-0.39, 0.29) is 10.6 Å². The molecule has 0 atom stereocenters. The highest BCUT2D eigenvalue weighted by atomic mass is 16.6. The summed E-state index contributed by atoms with van der Waals surface area (Å²) in [5.74, 6) is 0. The highest BCUT2D eigenvalue weighted by Gasteiger charge is 2.22. The van der Waals surface area contributed by atoms with E-state index in [0.29, 0.717) is 11.6 Å². The van der Waals surface area contributed by atoms with E-state index in [1.807, 2.05) is 24.3 Å². The third-order valence-electron chi connectivity index (χ3n) is 5.05. The number of nitro benzene ring substituents is 1. The van der Waals surface area contributed by atoms with Crippen molar-refractivity contribution in [3.63, 3.8) is 0 Å². The van der Waals surface area contributed by atoms with Crippen LogP contribution >= 0.6 is 0 Å². The molecule has 5 nitrogen and oxygen atoms in total. The molecular weight excluding hydrogens is 314 g/mol. The summed E-state index contributed by atoms with van der Waals surface area (Å²) in [6.45, 7) is 0. The van der Waals surface area contributed by atoms with Crippen LogP contribution in [-0.2, 0) is 0 Å². The van der Waals surface area contributed by atoms with Gasteiger partial charge >= 0.3 is 0 Å². The summed E-state index contributed by atoms with van der Waals surface area (Å²) in [5.41, 5.74) is 3.62. The molecule has 5 heteroatoms. The van der Waals surface area contributed by atoms with Gasteiger partial charge in [0.25, 0.3) is 5.69 Å². The minimum absolute atomic E-state index is 0.113. The van der Waals surface area contributed by atoms with Gasteiger partial charge in [-0.2, -0.15) is 5.26 Å². The molecule has 1 aromatic heterocycles. The van der Waals surface area contributed by atoms with Crippen molar-refractivity contribution in [2.45, 2.75) is 31.7 Å². The second-order valence-corrected chi connectivity index (χ2v) is 6.54. The fourth-order valence-electron chi connectivity index (χ4n) is 3.82. The third kappa shape index (κ3) is 2.66. The highest BCUT2D eigenvalue weighted by molar-refractivity contribution is 5.97. The first kappa shape index (κ1) is 15.4. The van der Waals surface area contributed by atoms with E-state index in [1.165, 1.54) is 12.8 Å². The molecule has 0 saturated heterocycles. The summed E-state index contributed by atoms with van der Waals surface area (Å²) in [4.78, 5) is 10.9. The van der Waals surface area contributed by atoms with Crippen LogP contribution in [0.2, 0.25) is 0 Å². The molecule has 1 saturated carbocycles. The maximum absolute atomic E-state index is 11.2. The number of rotatable bonds is 3. The highest BCUT2D eigenvalue weighted by Crippen LogP contribution is 2.39. The zero-order valence-electron chi connectivity index (χ0n) is 13.7. The molecule has 0 bridgehead atoms. The predicted octanol–water partition coefficient (Wildman–Crippen LogP) is 5.20. The zero-order valence-corrected chi connectivity index (χ0v) is 13.7. The second-order valence-electron chi connectivity index (χ2n) is 6.54. The normalized spacial score (nSPS) is 14.7. The van der Waals surface area contributed by atoms with Crippen molar-refractivity contribution in [2.75, 3.05) is 0 Å². The van der Waals surface area contributed by atoms with Crippen LogP contribution in [0.1, 0.15) is 37.3 Å². The lowest BCUT2D eigenvalue weighted by Gasteiger charge is -2.13. The first-order valence-electron chi connectivity index (χ1n) is 8.47. The lowest BCUT2D eigenvalue weighted by Crippen LogP contribution is -2.02. The average molecular weight is 331 g/mol. The molecule has 1 aliphatic carbocycles. The largest absolute Gasteiger partial charge is 0.344 e. The second kappa shape index (κ2) is 6.06. The first-order chi connectivity index (χ1) is 12.2. The Morgan fingerprint density at radius 2 is 1.96 bits per heavy atom. The van der Waals surface area contributed by atoms with Crippen LogP contribution in [0.4, 0.5) is 5.69 Å². The van der Waals surface area contributed by atoms with Gasteiger partial charge in [0.1, 0.15) is 0 Å². The van der Waals surface area contributed by atoms with E-state index < -0.39 is 0 Å². The number of nitrogens with zero attached hydrogens (tertiary/aromatic N) is 3. The van der Waals surface area contributed by atoms with E-state index in [2.05, 4.69) is 16.8 Å². The number of benzene rings is 2. The van der Waals surface area contributed by atoms with Crippen molar-refractivity contribution in [1.29, 1.82) is 5.26 Å². The topological polar surface area (TPSA) is 71.9 Å². The molecule has 124 valence electrons. The van der Waals surface area contributed by atoms with Gasteiger partial charge in [0, 0.05) is 35.3 Å². The number of nitro groups is 1. The molecule has 3 aromatic rings. The monoisotopic (exact) mass is 331 g/mol. The van der Waals surface area contributed by atoms with Crippen LogP contribution in [0.15, 0.2) is 48.7 Å². The SMILES string of the molecule is N#Cc1cccc(-c2cn(C3CCCC3)c3cc([N+](=O)[O-])ccc23)c1. The van der Waals surface area contributed by atoms with Crippen molar-refractivity contribution in [1.82, 2.24) is 4.57 Å². The molecule has 0 spiro atoms. The molecule has 1 aliphatic rings. The molecule has 0 radical (unpaired) electrons. The Morgan fingerprint density at radius 3 is 2.68 bits per heavy atom. The number of aromatic nitrogens is 1. The minimum Gasteiger partial charge on any atom is -0.344 e. The summed E-state index contributed by atoms with van der Waals surface area (Å²) < 4.78 is 2.20. The van der Waals surface area contributed by atoms with Crippen LogP contribution in [-0.4, -0.2) is 9.49 Å². The molecule has 25 heavy (non-hydrogen) atoms. The number of fused-ring (bicyclic) bond motifs is 1. The fraction of sp³-hybridized carbons (Fsp3) is 0.250. The maximum atomic E-state index is 11.2. The summed E-state index contributed by atoms with van der Waals surface area (Å²) >= 11 is 0. The molecule has 0 unspecified atom stereocenters. The Hall–Kier alpha value is -3.13. The third-order valence-corrected chi connectivity index (χ3v) is 5.05. The van der Waals surface area contributed by atoms with Crippen LogP contribution in [0.3, 0.4) is 0 Å². The Bertz CT molecular complexity index is 1010. The molecule has 0 amide bonds. The predicted molar refractivity (Wildman–Crippen MR) is 96.2 cm³/mol. The van der Waals surface area contributed by atoms with Gasteiger partial charge in [0.05, 0.1) is 22.1 Å². The average Bonchev–Trinajstić information content (AvgIpc) is 3.28. The Labute approximate surface area is 145 Å². The van der Waals surface area contributed by atoms with Gasteiger partial charge in [0.15, 0.2) is 0 Å². The molecule has 2 aromatic carbocycles. The van der Waals surface area contributed by atoms with Gasteiger partial charge in [-0.3, -0.25) is 10.1 Å². The molecule has 0 N–H and O–H groups in total. The van der Waals surface area contributed by atoms with E-state index in [9.17, 15) is 10.1 Å². The van der Waals surface area contributed by atoms with E-state index in [0.717, 1.165) is 34.9 Å². The van der Waals surface area contributed by atoms with Crippen molar-refractivity contribution in [2.24, 2.45) is 0 Å². The van der Waals surface area contributed by atoms with Crippen LogP contribution in [0.25, 0.3) is 22.0 Å². The van der Waals surface area contributed by atoms with Crippen LogP contribution < -0.4 is 0 Å². The molecule has 1 heterocycles. The maximum Gasteiger partial charge on any atom is 0.271 e. The zero-order chi connectivity index (χ0) is 17.4. The fourth-order valence-corrected chi connectivity index (χ4v) is 3.82. The number of hydrogen-bond acceptors (Lipinski definition) is 3. The van der Waals surface area contributed by atoms with Gasteiger partial charge in [-0.1, -0.05) is 25.0 Å². The standard InChI is InChI=1S/C20H17N3O2/c21-12-14-4-3-5-15(10-14)19-13-22(16-6-1-2-7-16)20-11-17(23(24)25)8-9-18(19)20/h3-5,8-11,13,16H,1-2,6-7H2. The molecule has 0 aliphatic heterocycles. The first-order valence-corrected chi connectivity index (χ1v) is 8.47. The van der Waals surface area contributed by atoms with Gasteiger partial charge in [-0.25, -0.2) is 0 Å². The van der Waals surface area contributed by atoms with Gasteiger partial charge in [-0.05, 0) is 36.6 Å². The van der Waals surface area contributed by atoms with Crippen molar-refractivity contribution < 1.29 is 4.92 Å². The number of non-ortho nitro benzene ring substituents is 1. The Morgan fingerprint density at radius 1 is 1.16 bits per heavy atom. The lowest BCUT2D eigenvalue weighted by atomic mass is 10.0. The summed E-state index contributed by atoms with van der Waals surface area (Å²) in [7, 11) is 0. The lowest BCUT2D eigenvalue weighted by molar-refractivity contribution is -0.384. The number of nitriles is 1. The van der Waals surface area contributed by atoms with E-state index in [4.69, 9.17) is 5.26 Å². The van der Waals surface area contributed by atoms with Gasteiger partial charge < -0.3 is 4.57 Å². The minimum atomic E-state index is -0.346. The summed E-state index contributed by atoms with van der Waals surface area (Å²) in [5, 5.41) is 21.4. The number of hydrogen-bond donors (Lipinski definition) is 0. The van der Waals surface area contributed by atoms with Gasteiger partial charge in [-0.15, -0.1) is 0 Å². The van der Waals surface area contributed by atoms with Crippen molar-refractivity contribution in [3.05, 3.63) is 64.3 Å². The van der Waals surface area contributed by atoms with Crippen LogP contribution in [0, 0.1) is 21.4 Å². The molecular formula is C20H17N3O2. The smallest absolute Gasteiger partial charge is 0.271 e. The van der Waals surface area contributed by atoms with Crippen molar-refractivity contribution >= 4 is 16.6 Å². The Kier molecular flexibility index (Phi) is 3.73. The quantitative estimate of drug-likeness (QED) is 0.489. The van der Waals surface area contributed by atoms with Gasteiger partial charge in [0.2, 0.25) is 0 Å².